The number of amides is 1. The number of nitrogens with zero attached hydrogens (tertiary/aromatic N) is 1. The number of nitrogens with one attached hydrogen (secondary N) is 1. The van der Waals surface area contributed by atoms with E-state index in [1.54, 1.807) is 17.0 Å². The van der Waals surface area contributed by atoms with Gasteiger partial charge in [0.25, 0.3) is 5.91 Å². The highest BCUT2D eigenvalue weighted by Crippen LogP contribution is 2.28. The molecule has 1 aromatic rings. The van der Waals surface area contributed by atoms with Crippen molar-refractivity contribution >= 4 is 18.3 Å². The van der Waals surface area contributed by atoms with E-state index < -0.39 is 12.8 Å². The number of carbonyl (C=O) groups is 1. The number of halogens is 4. The van der Waals surface area contributed by atoms with Gasteiger partial charge in [-0.15, -0.1) is 12.4 Å². The molecule has 136 valence electrons. The highest BCUT2D eigenvalue weighted by atomic mass is 35.5. The molecule has 0 spiro atoms. The molecule has 1 aliphatic rings. The SMILES string of the molecule is C[C@H]1CNCCN1C(=O)COc1ccccc1OCC(F)(F)F.Cl. The zero-order chi connectivity index (χ0) is 16.9. The molecule has 5 nitrogen and oxygen atoms in total. The Morgan fingerprint density at radius 3 is 2.50 bits per heavy atom. The third-order valence-electron chi connectivity index (χ3n) is 3.41. The van der Waals surface area contributed by atoms with Crippen molar-refractivity contribution in [3.05, 3.63) is 24.3 Å². The van der Waals surface area contributed by atoms with Gasteiger partial charge in [0.1, 0.15) is 0 Å². The Hall–Kier alpha value is -1.67. The van der Waals surface area contributed by atoms with E-state index in [1.807, 2.05) is 6.92 Å². The van der Waals surface area contributed by atoms with E-state index in [0.29, 0.717) is 19.6 Å². The van der Waals surface area contributed by atoms with E-state index in [4.69, 9.17) is 9.47 Å². The van der Waals surface area contributed by atoms with Crippen LogP contribution in [0.3, 0.4) is 0 Å². The summed E-state index contributed by atoms with van der Waals surface area (Å²) in [5.41, 5.74) is 0. The number of rotatable bonds is 5. The summed E-state index contributed by atoms with van der Waals surface area (Å²) < 4.78 is 46.8. The van der Waals surface area contributed by atoms with Crippen molar-refractivity contribution in [2.75, 3.05) is 32.8 Å². The normalized spacial score (nSPS) is 17.8. The molecule has 0 radical (unpaired) electrons. The number of piperazine rings is 1. The van der Waals surface area contributed by atoms with Crippen LogP contribution >= 0.6 is 12.4 Å². The minimum absolute atomic E-state index is 0. The summed E-state index contributed by atoms with van der Waals surface area (Å²) in [4.78, 5) is 13.9. The van der Waals surface area contributed by atoms with Crippen LogP contribution in [0.2, 0.25) is 0 Å². The number of alkyl halides is 3. The van der Waals surface area contributed by atoms with Gasteiger partial charge >= 0.3 is 6.18 Å². The molecular weight excluding hydrogens is 349 g/mol. The zero-order valence-corrected chi connectivity index (χ0v) is 14.0. The molecule has 1 aromatic carbocycles. The summed E-state index contributed by atoms with van der Waals surface area (Å²) in [7, 11) is 0. The first-order valence-electron chi connectivity index (χ1n) is 7.28. The van der Waals surface area contributed by atoms with Crippen molar-refractivity contribution in [1.29, 1.82) is 0 Å². The molecule has 0 saturated carbocycles. The average molecular weight is 369 g/mol. The van der Waals surface area contributed by atoms with Crippen molar-refractivity contribution in [3.8, 4) is 11.5 Å². The molecule has 1 saturated heterocycles. The number of para-hydroxylation sites is 2. The highest BCUT2D eigenvalue weighted by Gasteiger charge is 2.29. The van der Waals surface area contributed by atoms with E-state index >= 15 is 0 Å². The predicted molar refractivity (Wildman–Crippen MR) is 84.8 cm³/mol. The standard InChI is InChI=1S/C15H19F3N2O3.ClH/c1-11-8-19-6-7-20(11)14(21)9-22-12-4-2-3-5-13(12)23-10-15(16,17)18;/h2-5,11,19H,6-10H2,1H3;1H/t11-;/m0./s1. The van der Waals surface area contributed by atoms with E-state index in [1.165, 1.54) is 12.1 Å². The third-order valence-corrected chi connectivity index (χ3v) is 3.41. The largest absolute Gasteiger partial charge is 0.480 e. The van der Waals surface area contributed by atoms with Crippen LogP contribution in [0.15, 0.2) is 24.3 Å². The number of benzene rings is 1. The second-order valence-corrected chi connectivity index (χ2v) is 5.28. The smallest absolute Gasteiger partial charge is 0.422 e. The van der Waals surface area contributed by atoms with E-state index in [0.717, 1.165) is 0 Å². The maximum atomic E-state index is 12.2. The van der Waals surface area contributed by atoms with Crippen molar-refractivity contribution in [1.82, 2.24) is 10.2 Å². The predicted octanol–water partition coefficient (Wildman–Crippen LogP) is 2.25. The second-order valence-electron chi connectivity index (χ2n) is 5.28. The van der Waals surface area contributed by atoms with Crippen LogP contribution < -0.4 is 14.8 Å². The lowest BCUT2D eigenvalue weighted by atomic mass is 10.2. The highest BCUT2D eigenvalue weighted by molar-refractivity contribution is 5.85. The summed E-state index contributed by atoms with van der Waals surface area (Å²) in [5.74, 6) is -0.122. The lowest BCUT2D eigenvalue weighted by Crippen LogP contribution is -2.53. The minimum Gasteiger partial charge on any atom is -0.480 e. The van der Waals surface area contributed by atoms with Crippen molar-refractivity contribution in [2.24, 2.45) is 0 Å². The number of ether oxygens (including phenoxy) is 2. The molecule has 2 rings (SSSR count). The van der Waals surface area contributed by atoms with Gasteiger partial charge in [-0.2, -0.15) is 13.2 Å². The topological polar surface area (TPSA) is 50.8 Å². The van der Waals surface area contributed by atoms with Crippen LogP contribution in [0, 0.1) is 0 Å². The summed E-state index contributed by atoms with van der Waals surface area (Å²) in [6.45, 7) is 2.27. The van der Waals surface area contributed by atoms with Gasteiger partial charge in [0, 0.05) is 25.7 Å². The van der Waals surface area contributed by atoms with Gasteiger partial charge in [0.15, 0.2) is 24.7 Å². The van der Waals surface area contributed by atoms with Crippen LogP contribution in [0.25, 0.3) is 0 Å². The van der Waals surface area contributed by atoms with Crippen molar-refractivity contribution in [2.45, 2.75) is 19.1 Å². The molecule has 0 aliphatic carbocycles. The maximum Gasteiger partial charge on any atom is 0.422 e. The first kappa shape index (κ1) is 20.4. The Bertz CT molecular complexity index is 543. The Kier molecular flexibility index (Phi) is 7.62. The van der Waals surface area contributed by atoms with E-state index in [9.17, 15) is 18.0 Å². The van der Waals surface area contributed by atoms with Crippen LogP contribution in [0.5, 0.6) is 11.5 Å². The van der Waals surface area contributed by atoms with Gasteiger partial charge in [-0.25, -0.2) is 0 Å². The van der Waals surface area contributed by atoms with Crippen LogP contribution in [-0.4, -0.2) is 55.9 Å². The van der Waals surface area contributed by atoms with E-state index in [2.05, 4.69) is 5.32 Å². The molecule has 1 atom stereocenters. The summed E-state index contributed by atoms with van der Waals surface area (Å²) in [5, 5.41) is 3.17. The molecule has 0 aromatic heterocycles. The number of carbonyl (C=O) groups excluding carboxylic acids is 1. The van der Waals surface area contributed by atoms with Crippen LogP contribution in [0.1, 0.15) is 6.92 Å². The average Bonchev–Trinajstić information content (AvgIpc) is 2.51. The van der Waals surface area contributed by atoms with Crippen molar-refractivity contribution in [3.63, 3.8) is 0 Å². The molecule has 1 fully saturated rings. The van der Waals surface area contributed by atoms with Crippen LogP contribution in [0.4, 0.5) is 13.2 Å². The van der Waals surface area contributed by atoms with Gasteiger partial charge in [0.2, 0.25) is 0 Å². The molecule has 9 heteroatoms. The third kappa shape index (κ3) is 6.09. The first-order valence-corrected chi connectivity index (χ1v) is 7.28. The van der Waals surface area contributed by atoms with Gasteiger partial charge in [-0.1, -0.05) is 12.1 Å². The van der Waals surface area contributed by atoms with E-state index in [-0.39, 0.29) is 42.5 Å². The summed E-state index contributed by atoms with van der Waals surface area (Å²) in [6, 6.07) is 6.04. The molecule has 1 amide bonds. The summed E-state index contributed by atoms with van der Waals surface area (Å²) >= 11 is 0. The molecule has 1 aliphatic heterocycles. The fourth-order valence-electron chi connectivity index (χ4n) is 2.28. The second kappa shape index (κ2) is 8.98. The fraction of sp³-hybridized carbons (Fsp3) is 0.533. The monoisotopic (exact) mass is 368 g/mol. The zero-order valence-electron chi connectivity index (χ0n) is 13.1. The molecule has 24 heavy (non-hydrogen) atoms. The lowest BCUT2D eigenvalue weighted by Gasteiger charge is -2.33. The molecule has 1 N–H and O–H groups in total. The molecule has 0 unspecified atom stereocenters. The lowest BCUT2D eigenvalue weighted by molar-refractivity contribution is -0.153. The fourth-order valence-corrected chi connectivity index (χ4v) is 2.28. The first-order chi connectivity index (χ1) is 10.9. The molecular formula is C15H20ClF3N2O3. The van der Waals surface area contributed by atoms with Gasteiger partial charge in [-0.05, 0) is 19.1 Å². The molecule has 1 heterocycles. The minimum atomic E-state index is -4.43. The number of hydrogen-bond donors (Lipinski definition) is 1. The Labute approximate surface area is 144 Å². The maximum absolute atomic E-state index is 12.2. The van der Waals surface area contributed by atoms with Gasteiger partial charge in [-0.3, -0.25) is 4.79 Å². The van der Waals surface area contributed by atoms with Crippen LogP contribution in [-0.2, 0) is 4.79 Å². The Morgan fingerprint density at radius 1 is 1.29 bits per heavy atom. The molecule has 0 bridgehead atoms. The Balaban J connectivity index is 0.00000288. The quantitative estimate of drug-likeness (QED) is 0.866. The van der Waals surface area contributed by atoms with Gasteiger partial charge < -0.3 is 19.7 Å². The Morgan fingerprint density at radius 2 is 1.92 bits per heavy atom. The van der Waals surface area contributed by atoms with Crippen molar-refractivity contribution < 1.29 is 27.4 Å². The summed E-state index contributed by atoms with van der Waals surface area (Å²) in [6.07, 6.45) is -4.43. The number of hydrogen-bond acceptors (Lipinski definition) is 4. The van der Waals surface area contributed by atoms with Gasteiger partial charge in [0.05, 0.1) is 0 Å².